The predicted octanol–water partition coefficient (Wildman–Crippen LogP) is 5.36. The van der Waals surface area contributed by atoms with Crippen LogP contribution in [0.25, 0.3) is 22.1 Å². The van der Waals surface area contributed by atoms with Gasteiger partial charge in [-0.3, -0.25) is 4.79 Å². The quantitative estimate of drug-likeness (QED) is 0.431. The van der Waals surface area contributed by atoms with Crippen LogP contribution in [0.3, 0.4) is 0 Å². The maximum Gasteiger partial charge on any atom is 0.340 e. The van der Waals surface area contributed by atoms with Crippen molar-refractivity contribution in [1.82, 2.24) is 0 Å². The molecule has 0 saturated carbocycles. The van der Waals surface area contributed by atoms with E-state index >= 15 is 0 Å². The van der Waals surface area contributed by atoms with Gasteiger partial charge in [0.1, 0.15) is 5.58 Å². The number of hydrogen-bond acceptors (Lipinski definition) is 4. The molecule has 31 heavy (non-hydrogen) atoms. The number of fused-ring (bicyclic) bond motifs is 1. The van der Waals surface area contributed by atoms with Gasteiger partial charge >= 0.3 is 5.63 Å². The summed E-state index contributed by atoms with van der Waals surface area (Å²) in [6.07, 6.45) is -0.121. The Morgan fingerprint density at radius 3 is 2.39 bits per heavy atom. The molecule has 3 aromatic carbocycles. The van der Waals surface area contributed by atoms with Crippen molar-refractivity contribution in [2.75, 3.05) is 24.3 Å². The van der Waals surface area contributed by atoms with E-state index < -0.39 is 5.63 Å². The van der Waals surface area contributed by atoms with Crippen LogP contribution in [0.15, 0.2) is 82.0 Å². The Labute approximate surface area is 184 Å². The van der Waals surface area contributed by atoms with Gasteiger partial charge < -0.3 is 14.6 Å². The molecule has 5 nitrogen and oxygen atoms in total. The zero-order valence-corrected chi connectivity index (χ0v) is 17.9. The molecule has 1 N–H and O–H groups in total. The van der Waals surface area contributed by atoms with Gasteiger partial charge in [-0.15, -0.1) is 0 Å². The van der Waals surface area contributed by atoms with Gasteiger partial charge in [-0.2, -0.15) is 0 Å². The lowest BCUT2D eigenvalue weighted by Crippen LogP contribution is -2.20. The van der Waals surface area contributed by atoms with E-state index in [4.69, 9.17) is 16.0 Å². The Balaban J connectivity index is 1.74. The first-order chi connectivity index (χ1) is 14.9. The third kappa shape index (κ3) is 4.47. The zero-order valence-electron chi connectivity index (χ0n) is 17.2. The maximum absolute atomic E-state index is 12.8. The first-order valence-electron chi connectivity index (χ1n) is 9.80. The van der Waals surface area contributed by atoms with Crippen LogP contribution in [-0.4, -0.2) is 20.0 Å². The first kappa shape index (κ1) is 20.7. The van der Waals surface area contributed by atoms with E-state index in [0.29, 0.717) is 32.8 Å². The van der Waals surface area contributed by atoms with E-state index in [2.05, 4.69) is 5.32 Å². The average molecular weight is 433 g/mol. The van der Waals surface area contributed by atoms with Crippen LogP contribution in [0.2, 0.25) is 5.02 Å². The second-order valence-corrected chi connectivity index (χ2v) is 7.85. The van der Waals surface area contributed by atoms with E-state index in [9.17, 15) is 9.59 Å². The Morgan fingerprint density at radius 1 is 1.00 bits per heavy atom. The predicted molar refractivity (Wildman–Crippen MR) is 126 cm³/mol. The minimum Gasteiger partial charge on any atom is -0.422 e. The Morgan fingerprint density at radius 2 is 1.71 bits per heavy atom. The van der Waals surface area contributed by atoms with Crippen LogP contribution < -0.4 is 15.8 Å². The van der Waals surface area contributed by atoms with Gasteiger partial charge in [-0.05, 0) is 48.0 Å². The molecule has 0 atom stereocenters. The maximum atomic E-state index is 12.8. The largest absolute Gasteiger partial charge is 0.422 e. The Hall–Kier alpha value is -3.57. The summed E-state index contributed by atoms with van der Waals surface area (Å²) < 4.78 is 5.50. The summed E-state index contributed by atoms with van der Waals surface area (Å²) in [6.45, 7) is 0. The smallest absolute Gasteiger partial charge is 0.340 e. The summed E-state index contributed by atoms with van der Waals surface area (Å²) in [5.41, 5.74) is 3.35. The van der Waals surface area contributed by atoms with E-state index in [-0.39, 0.29) is 12.3 Å². The van der Waals surface area contributed by atoms with Crippen molar-refractivity contribution in [2.45, 2.75) is 6.42 Å². The molecule has 0 saturated heterocycles. The second kappa shape index (κ2) is 8.66. The highest BCUT2D eigenvalue weighted by atomic mass is 35.5. The highest BCUT2D eigenvalue weighted by Gasteiger charge is 2.19. The molecule has 6 heteroatoms. The number of amides is 1. The van der Waals surface area contributed by atoms with E-state index in [1.807, 2.05) is 73.6 Å². The van der Waals surface area contributed by atoms with Crippen LogP contribution in [0.1, 0.15) is 5.56 Å². The summed E-state index contributed by atoms with van der Waals surface area (Å²) in [5.74, 6) is -0.302. The number of halogens is 1. The standard InChI is InChI=1S/C25H21ClN2O3/c1-28(2)19-11-9-18(10-12-19)27-23(29)15-21-24(16-6-4-3-5-7-16)20-14-17(26)8-13-22(20)31-25(21)30/h3-14H,15H2,1-2H3,(H,27,29). The van der Waals surface area contributed by atoms with Crippen LogP contribution in [0, 0.1) is 0 Å². The van der Waals surface area contributed by atoms with Gasteiger partial charge in [-0.25, -0.2) is 4.79 Å². The zero-order chi connectivity index (χ0) is 22.0. The van der Waals surface area contributed by atoms with Gasteiger partial charge in [0.2, 0.25) is 5.91 Å². The normalized spacial score (nSPS) is 10.8. The monoisotopic (exact) mass is 432 g/mol. The fraction of sp³-hybridized carbons (Fsp3) is 0.120. The lowest BCUT2D eigenvalue weighted by atomic mass is 9.95. The molecule has 156 valence electrons. The van der Waals surface area contributed by atoms with E-state index in [0.717, 1.165) is 11.3 Å². The lowest BCUT2D eigenvalue weighted by molar-refractivity contribution is -0.115. The molecule has 1 amide bonds. The number of rotatable bonds is 5. The van der Waals surface area contributed by atoms with Gasteiger partial charge in [0.15, 0.2) is 0 Å². The minimum absolute atomic E-state index is 0.121. The molecular weight excluding hydrogens is 412 g/mol. The summed E-state index contributed by atoms with van der Waals surface area (Å²) in [7, 11) is 3.90. The van der Waals surface area contributed by atoms with Crippen molar-refractivity contribution in [3.05, 3.63) is 93.8 Å². The van der Waals surface area contributed by atoms with Crippen molar-refractivity contribution >= 4 is 39.9 Å². The third-order valence-corrected chi connectivity index (χ3v) is 5.26. The van der Waals surface area contributed by atoms with Crippen LogP contribution in [0.4, 0.5) is 11.4 Å². The fourth-order valence-corrected chi connectivity index (χ4v) is 3.69. The number of nitrogens with zero attached hydrogens (tertiary/aromatic N) is 1. The van der Waals surface area contributed by atoms with E-state index in [1.165, 1.54) is 0 Å². The van der Waals surface area contributed by atoms with Gasteiger partial charge in [0, 0.05) is 41.4 Å². The Kier molecular flexibility index (Phi) is 5.78. The number of anilines is 2. The number of carbonyl (C=O) groups is 1. The average Bonchev–Trinajstić information content (AvgIpc) is 2.75. The molecule has 4 rings (SSSR count). The SMILES string of the molecule is CN(C)c1ccc(NC(=O)Cc2c(-c3ccccc3)c3cc(Cl)ccc3oc2=O)cc1. The summed E-state index contributed by atoms with van der Waals surface area (Å²) in [5, 5.41) is 4.07. The fourth-order valence-electron chi connectivity index (χ4n) is 3.52. The molecule has 0 radical (unpaired) electrons. The Bertz CT molecular complexity index is 1300. The van der Waals surface area contributed by atoms with E-state index in [1.54, 1.807) is 18.2 Å². The topological polar surface area (TPSA) is 62.6 Å². The number of hydrogen-bond donors (Lipinski definition) is 1. The van der Waals surface area contributed by atoms with Crippen molar-refractivity contribution in [3.63, 3.8) is 0 Å². The molecule has 0 fully saturated rings. The molecule has 0 aliphatic carbocycles. The molecule has 0 spiro atoms. The molecule has 4 aromatic rings. The second-order valence-electron chi connectivity index (χ2n) is 7.42. The minimum atomic E-state index is -0.535. The summed E-state index contributed by atoms with van der Waals surface area (Å²) in [4.78, 5) is 27.6. The van der Waals surface area contributed by atoms with Crippen molar-refractivity contribution in [1.29, 1.82) is 0 Å². The highest BCUT2D eigenvalue weighted by molar-refractivity contribution is 6.31. The molecule has 0 unspecified atom stereocenters. The number of nitrogens with one attached hydrogen (secondary N) is 1. The summed E-state index contributed by atoms with van der Waals surface area (Å²) in [6, 6.07) is 22.0. The number of benzene rings is 3. The van der Waals surface area contributed by atoms with Gasteiger partial charge in [-0.1, -0.05) is 41.9 Å². The van der Waals surface area contributed by atoms with Crippen molar-refractivity contribution < 1.29 is 9.21 Å². The molecule has 0 aliphatic heterocycles. The molecule has 0 bridgehead atoms. The van der Waals surface area contributed by atoms with Crippen LogP contribution in [-0.2, 0) is 11.2 Å². The number of carbonyl (C=O) groups excluding carboxylic acids is 1. The molecular formula is C25H21ClN2O3. The first-order valence-corrected chi connectivity index (χ1v) is 10.2. The molecule has 0 aliphatic rings. The van der Waals surface area contributed by atoms with Crippen LogP contribution in [0.5, 0.6) is 0 Å². The lowest BCUT2D eigenvalue weighted by Gasteiger charge is -2.14. The van der Waals surface area contributed by atoms with Crippen molar-refractivity contribution in [3.8, 4) is 11.1 Å². The summed E-state index contributed by atoms with van der Waals surface area (Å²) >= 11 is 6.22. The molecule has 1 heterocycles. The van der Waals surface area contributed by atoms with Gasteiger partial charge in [0.25, 0.3) is 0 Å². The van der Waals surface area contributed by atoms with Crippen LogP contribution >= 0.6 is 11.6 Å². The highest BCUT2D eigenvalue weighted by Crippen LogP contribution is 2.32. The third-order valence-electron chi connectivity index (χ3n) is 5.03. The van der Waals surface area contributed by atoms with Gasteiger partial charge in [0.05, 0.1) is 12.0 Å². The molecule has 1 aromatic heterocycles. The van der Waals surface area contributed by atoms with Crippen molar-refractivity contribution in [2.24, 2.45) is 0 Å².